The molecule has 0 saturated heterocycles. The molecule has 2 rings (SSSR count). The SMILES string of the molecule is O=C(O)c1ccc(/C(F)=C/C(c2ccc(Br)c(Cl)c2)C(F)(F)F)cc1C(F)(F)F. The maximum Gasteiger partial charge on any atom is 0.417 e. The summed E-state index contributed by atoms with van der Waals surface area (Å²) in [5, 5.41) is 8.76. The molecule has 0 saturated carbocycles. The summed E-state index contributed by atoms with van der Waals surface area (Å²) in [6.07, 6.45) is -10.0. The van der Waals surface area contributed by atoms with Crippen molar-refractivity contribution in [2.45, 2.75) is 18.3 Å². The second-order valence-electron chi connectivity index (χ2n) is 5.77. The fraction of sp³-hybridized carbons (Fsp3) is 0.167. The molecule has 0 aliphatic carbocycles. The van der Waals surface area contributed by atoms with Crippen molar-refractivity contribution in [2.75, 3.05) is 0 Å². The number of carboxylic acid groups (broad SMARTS) is 1. The Morgan fingerprint density at radius 1 is 1.07 bits per heavy atom. The lowest BCUT2D eigenvalue weighted by molar-refractivity contribution is -0.140. The standard InChI is InChI=1S/C18H9BrClF7O2/c19-13-4-2-8(6-14(13)20)11(17(22,23)24)7-15(21)9-1-3-10(16(28)29)12(5-9)18(25,26)27/h1-7,11H,(H,28,29)/b15-7-. The first-order chi connectivity index (χ1) is 13.2. The van der Waals surface area contributed by atoms with Gasteiger partial charge in [0.1, 0.15) is 11.7 Å². The van der Waals surface area contributed by atoms with E-state index < -0.39 is 52.3 Å². The van der Waals surface area contributed by atoms with Crippen molar-refractivity contribution >= 4 is 39.3 Å². The Bertz CT molecular complexity index is 968. The monoisotopic (exact) mass is 504 g/mol. The summed E-state index contributed by atoms with van der Waals surface area (Å²) in [5.74, 6) is -6.01. The van der Waals surface area contributed by atoms with Crippen molar-refractivity contribution in [3.8, 4) is 0 Å². The van der Waals surface area contributed by atoms with Gasteiger partial charge in [0.2, 0.25) is 0 Å². The van der Waals surface area contributed by atoms with Crippen LogP contribution in [0.1, 0.15) is 33.0 Å². The van der Waals surface area contributed by atoms with Crippen molar-refractivity contribution in [3.05, 3.63) is 74.2 Å². The quantitative estimate of drug-likeness (QED) is 0.438. The number of hydrogen-bond acceptors (Lipinski definition) is 1. The van der Waals surface area contributed by atoms with E-state index in [1.807, 2.05) is 0 Å². The molecule has 0 amide bonds. The van der Waals surface area contributed by atoms with Crippen LogP contribution < -0.4 is 0 Å². The average molecular weight is 506 g/mol. The number of carboxylic acids is 1. The van der Waals surface area contributed by atoms with E-state index >= 15 is 0 Å². The molecule has 0 aromatic heterocycles. The number of allylic oxidation sites excluding steroid dienone is 1. The third kappa shape index (κ3) is 5.51. The summed E-state index contributed by atoms with van der Waals surface area (Å²) in [4.78, 5) is 10.9. The Kier molecular flexibility index (Phi) is 6.68. The van der Waals surface area contributed by atoms with Gasteiger partial charge in [-0.3, -0.25) is 0 Å². The van der Waals surface area contributed by atoms with Crippen molar-refractivity contribution in [2.24, 2.45) is 0 Å². The van der Waals surface area contributed by atoms with Crippen LogP contribution in [0.4, 0.5) is 30.7 Å². The fourth-order valence-corrected chi connectivity index (χ4v) is 2.88. The van der Waals surface area contributed by atoms with Gasteiger partial charge in [-0.05, 0) is 51.8 Å². The molecule has 0 bridgehead atoms. The normalized spacial score (nSPS) is 14.0. The predicted octanol–water partition coefficient (Wildman–Crippen LogP) is 7.48. The van der Waals surface area contributed by atoms with E-state index in [1.165, 1.54) is 6.07 Å². The molecule has 11 heteroatoms. The zero-order chi connectivity index (χ0) is 22.1. The molecule has 2 aromatic carbocycles. The van der Waals surface area contributed by atoms with Gasteiger partial charge in [0.05, 0.1) is 16.1 Å². The van der Waals surface area contributed by atoms with Gasteiger partial charge in [0, 0.05) is 10.0 Å². The minimum Gasteiger partial charge on any atom is -0.478 e. The third-order valence-corrected chi connectivity index (χ3v) is 5.03. The topological polar surface area (TPSA) is 37.3 Å². The summed E-state index contributed by atoms with van der Waals surface area (Å²) >= 11 is 8.77. The lowest BCUT2D eigenvalue weighted by atomic mass is 9.95. The molecule has 2 aromatic rings. The van der Waals surface area contributed by atoms with Crippen LogP contribution in [0.2, 0.25) is 5.02 Å². The van der Waals surface area contributed by atoms with Gasteiger partial charge in [-0.25, -0.2) is 9.18 Å². The molecule has 0 aliphatic heterocycles. The molecule has 0 aliphatic rings. The number of alkyl halides is 6. The summed E-state index contributed by atoms with van der Waals surface area (Å²) in [7, 11) is 0. The molecular weight excluding hydrogens is 497 g/mol. The summed E-state index contributed by atoms with van der Waals surface area (Å²) in [5.41, 5.74) is -4.11. The molecule has 0 spiro atoms. The van der Waals surface area contributed by atoms with Gasteiger partial charge in [0.15, 0.2) is 0 Å². The van der Waals surface area contributed by atoms with Gasteiger partial charge in [-0.15, -0.1) is 0 Å². The minimum atomic E-state index is -5.15. The van der Waals surface area contributed by atoms with Crippen molar-refractivity contribution in [1.82, 2.24) is 0 Å². The van der Waals surface area contributed by atoms with E-state index in [0.29, 0.717) is 16.6 Å². The minimum absolute atomic E-state index is 0.0734. The van der Waals surface area contributed by atoms with Crippen LogP contribution in [-0.2, 0) is 6.18 Å². The summed E-state index contributed by atoms with van der Waals surface area (Å²) in [6, 6.07) is 4.48. The molecule has 0 radical (unpaired) electrons. The molecule has 0 heterocycles. The molecule has 1 unspecified atom stereocenters. The Morgan fingerprint density at radius 2 is 1.69 bits per heavy atom. The molecule has 1 atom stereocenters. The van der Waals surface area contributed by atoms with Gasteiger partial charge in [-0.1, -0.05) is 23.7 Å². The van der Waals surface area contributed by atoms with Gasteiger partial charge in [-0.2, -0.15) is 26.3 Å². The summed E-state index contributed by atoms with van der Waals surface area (Å²) < 4.78 is 94.2. The zero-order valence-corrected chi connectivity index (χ0v) is 16.2. The predicted molar refractivity (Wildman–Crippen MR) is 95.4 cm³/mol. The number of halogens is 9. The fourth-order valence-electron chi connectivity index (χ4n) is 2.44. The Labute approximate surface area is 172 Å². The third-order valence-electron chi connectivity index (χ3n) is 3.80. The first-order valence-electron chi connectivity index (χ1n) is 7.55. The highest BCUT2D eigenvalue weighted by atomic mass is 79.9. The van der Waals surface area contributed by atoms with E-state index in [1.54, 1.807) is 0 Å². The molecule has 29 heavy (non-hydrogen) atoms. The van der Waals surface area contributed by atoms with Crippen LogP contribution in [0.3, 0.4) is 0 Å². The average Bonchev–Trinajstić information content (AvgIpc) is 2.59. The van der Waals surface area contributed by atoms with Gasteiger partial charge >= 0.3 is 18.3 Å². The van der Waals surface area contributed by atoms with Crippen molar-refractivity contribution in [1.29, 1.82) is 0 Å². The van der Waals surface area contributed by atoms with E-state index in [-0.39, 0.29) is 17.2 Å². The molecule has 156 valence electrons. The maximum atomic E-state index is 14.5. The second-order valence-corrected chi connectivity index (χ2v) is 7.03. The summed E-state index contributed by atoms with van der Waals surface area (Å²) in [6.45, 7) is 0. The van der Waals surface area contributed by atoms with Crippen LogP contribution >= 0.6 is 27.5 Å². The highest BCUT2D eigenvalue weighted by molar-refractivity contribution is 9.10. The second kappa shape index (κ2) is 8.35. The number of aromatic carboxylic acids is 1. The maximum absolute atomic E-state index is 14.5. The molecule has 2 nitrogen and oxygen atoms in total. The van der Waals surface area contributed by atoms with Crippen molar-refractivity contribution in [3.63, 3.8) is 0 Å². The van der Waals surface area contributed by atoms with E-state index in [9.17, 15) is 35.5 Å². The Hall–Kier alpha value is -2.07. The van der Waals surface area contributed by atoms with Crippen LogP contribution in [0, 0.1) is 0 Å². The highest BCUT2D eigenvalue weighted by Crippen LogP contribution is 2.41. The van der Waals surface area contributed by atoms with Crippen LogP contribution in [-0.4, -0.2) is 17.3 Å². The van der Waals surface area contributed by atoms with Crippen LogP contribution in [0.25, 0.3) is 5.83 Å². The number of benzene rings is 2. The van der Waals surface area contributed by atoms with Crippen molar-refractivity contribution < 1.29 is 40.6 Å². The van der Waals surface area contributed by atoms with E-state index in [4.69, 9.17) is 16.7 Å². The zero-order valence-electron chi connectivity index (χ0n) is 13.9. The van der Waals surface area contributed by atoms with Crippen LogP contribution in [0.5, 0.6) is 0 Å². The first-order valence-corrected chi connectivity index (χ1v) is 8.72. The van der Waals surface area contributed by atoms with Gasteiger partial charge in [0.25, 0.3) is 0 Å². The Morgan fingerprint density at radius 3 is 2.17 bits per heavy atom. The molecule has 0 fully saturated rings. The van der Waals surface area contributed by atoms with E-state index in [0.717, 1.165) is 12.1 Å². The molecule has 1 N–H and O–H groups in total. The lowest BCUT2D eigenvalue weighted by Gasteiger charge is -2.18. The van der Waals surface area contributed by atoms with Crippen LogP contribution in [0.15, 0.2) is 46.9 Å². The largest absolute Gasteiger partial charge is 0.478 e. The molecular formula is C18H9BrClF7O2. The highest BCUT2D eigenvalue weighted by Gasteiger charge is 2.40. The lowest BCUT2D eigenvalue weighted by Crippen LogP contribution is -2.19. The van der Waals surface area contributed by atoms with Gasteiger partial charge < -0.3 is 5.11 Å². The Balaban J connectivity index is 2.58. The first kappa shape index (κ1) is 23.2. The smallest absolute Gasteiger partial charge is 0.417 e. The number of hydrogen-bond donors (Lipinski definition) is 1. The number of carbonyl (C=O) groups is 1. The number of rotatable bonds is 4. The van der Waals surface area contributed by atoms with E-state index in [2.05, 4.69) is 15.9 Å².